The molecule has 1 aliphatic rings. The van der Waals surface area contributed by atoms with Crippen molar-refractivity contribution in [2.75, 3.05) is 23.7 Å². The van der Waals surface area contributed by atoms with Crippen LogP contribution in [0.15, 0.2) is 18.2 Å². The van der Waals surface area contributed by atoms with Crippen LogP contribution in [0.3, 0.4) is 0 Å². The minimum absolute atomic E-state index is 0.124. The third kappa shape index (κ3) is 3.43. The van der Waals surface area contributed by atoms with Gasteiger partial charge in [0.05, 0.1) is 11.9 Å². The number of sulfonamides is 1. The average Bonchev–Trinajstić information content (AvgIpc) is 2.94. The lowest BCUT2D eigenvalue weighted by Gasteiger charge is -2.31. The zero-order chi connectivity index (χ0) is 16.5. The molecule has 0 aromatic heterocycles. The van der Waals surface area contributed by atoms with Crippen LogP contribution < -0.4 is 4.31 Å². The Morgan fingerprint density at radius 1 is 1.18 bits per heavy atom. The fraction of sp³-hybridized carbons (Fsp3) is 0.562. The van der Waals surface area contributed by atoms with Crippen LogP contribution in [-0.4, -0.2) is 44.6 Å². The molecule has 22 heavy (non-hydrogen) atoms. The number of aryl methyl sites for hydroxylation is 2. The van der Waals surface area contributed by atoms with E-state index in [4.69, 9.17) is 0 Å². The molecule has 1 unspecified atom stereocenters. The van der Waals surface area contributed by atoms with Crippen LogP contribution in [0, 0.1) is 13.8 Å². The fourth-order valence-electron chi connectivity index (χ4n) is 2.87. The molecule has 122 valence electrons. The van der Waals surface area contributed by atoms with Crippen LogP contribution in [-0.2, 0) is 14.8 Å². The molecule has 1 aliphatic heterocycles. The Labute approximate surface area is 133 Å². The highest BCUT2D eigenvalue weighted by Gasteiger charge is 2.33. The molecule has 1 fully saturated rings. The van der Waals surface area contributed by atoms with Crippen molar-refractivity contribution in [2.24, 2.45) is 0 Å². The highest BCUT2D eigenvalue weighted by Crippen LogP contribution is 2.25. The van der Waals surface area contributed by atoms with Gasteiger partial charge in [0.25, 0.3) is 0 Å². The van der Waals surface area contributed by atoms with Crippen LogP contribution >= 0.6 is 0 Å². The zero-order valence-corrected chi connectivity index (χ0v) is 14.5. The van der Waals surface area contributed by atoms with Gasteiger partial charge in [-0.1, -0.05) is 6.07 Å². The van der Waals surface area contributed by atoms with E-state index in [9.17, 15) is 13.2 Å². The van der Waals surface area contributed by atoms with Crippen LogP contribution in [0.1, 0.15) is 30.9 Å². The molecule has 2 rings (SSSR count). The Morgan fingerprint density at radius 3 is 2.27 bits per heavy atom. The molecule has 6 heteroatoms. The summed E-state index contributed by atoms with van der Waals surface area (Å²) < 4.78 is 25.7. The van der Waals surface area contributed by atoms with Gasteiger partial charge in [0.15, 0.2) is 0 Å². The second kappa shape index (κ2) is 6.28. The smallest absolute Gasteiger partial charge is 0.246 e. The standard InChI is InChI=1S/C16H24N2O3S/c1-12-7-8-15(11-13(12)2)18(22(4,20)21)14(3)16(19)17-9-5-6-10-17/h7-8,11,14H,5-6,9-10H2,1-4H3. The van der Waals surface area contributed by atoms with E-state index >= 15 is 0 Å². The molecule has 0 spiro atoms. The summed E-state index contributed by atoms with van der Waals surface area (Å²) in [4.78, 5) is 14.3. The Bertz CT molecular complexity index is 664. The van der Waals surface area contributed by atoms with Crippen molar-refractivity contribution in [2.45, 2.75) is 39.7 Å². The van der Waals surface area contributed by atoms with Crippen molar-refractivity contribution in [3.8, 4) is 0 Å². The summed E-state index contributed by atoms with van der Waals surface area (Å²) in [5.41, 5.74) is 2.65. The van der Waals surface area contributed by atoms with E-state index < -0.39 is 16.1 Å². The quantitative estimate of drug-likeness (QED) is 0.852. The number of carbonyl (C=O) groups is 1. The predicted molar refractivity (Wildman–Crippen MR) is 88.5 cm³/mol. The lowest BCUT2D eigenvalue weighted by atomic mass is 10.1. The van der Waals surface area contributed by atoms with Crippen LogP contribution in [0.4, 0.5) is 5.69 Å². The molecular formula is C16H24N2O3S. The van der Waals surface area contributed by atoms with Gasteiger partial charge in [0, 0.05) is 13.1 Å². The maximum atomic E-state index is 12.6. The largest absolute Gasteiger partial charge is 0.341 e. The van der Waals surface area contributed by atoms with Crippen molar-refractivity contribution in [3.63, 3.8) is 0 Å². The predicted octanol–water partition coefficient (Wildman–Crippen LogP) is 2.08. The third-order valence-electron chi connectivity index (χ3n) is 4.23. The Morgan fingerprint density at radius 2 is 1.77 bits per heavy atom. The number of carbonyl (C=O) groups excluding carboxylic acids is 1. The van der Waals surface area contributed by atoms with Crippen LogP contribution in [0.25, 0.3) is 0 Å². The van der Waals surface area contributed by atoms with Gasteiger partial charge in [-0.15, -0.1) is 0 Å². The van der Waals surface area contributed by atoms with Crippen LogP contribution in [0.5, 0.6) is 0 Å². The first-order valence-electron chi connectivity index (χ1n) is 7.57. The van der Waals surface area contributed by atoms with Crippen molar-refractivity contribution >= 4 is 21.6 Å². The van der Waals surface area contributed by atoms with Gasteiger partial charge in [0.2, 0.25) is 15.9 Å². The molecule has 0 bridgehead atoms. The summed E-state index contributed by atoms with van der Waals surface area (Å²) in [5.74, 6) is -0.124. The van der Waals surface area contributed by atoms with E-state index in [1.807, 2.05) is 26.0 Å². The number of nitrogens with zero attached hydrogens (tertiary/aromatic N) is 2. The summed E-state index contributed by atoms with van der Waals surface area (Å²) in [6, 6.07) is 4.74. The normalized spacial score (nSPS) is 16.6. The molecule has 0 N–H and O–H groups in total. The monoisotopic (exact) mass is 324 g/mol. The van der Waals surface area contributed by atoms with E-state index in [1.165, 1.54) is 4.31 Å². The van der Waals surface area contributed by atoms with Gasteiger partial charge in [0.1, 0.15) is 6.04 Å². The van der Waals surface area contributed by atoms with E-state index in [0.29, 0.717) is 18.8 Å². The average molecular weight is 324 g/mol. The highest BCUT2D eigenvalue weighted by molar-refractivity contribution is 7.92. The van der Waals surface area contributed by atoms with Crippen molar-refractivity contribution in [1.82, 2.24) is 4.90 Å². The van der Waals surface area contributed by atoms with Gasteiger partial charge >= 0.3 is 0 Å². The third-order valence-corrected chi connectivity index (χ3v) is 5.47. The summed E-state index contributed by atoms with van der Waals surface area (Å²) in [6.45, 7) is 7.01. The molecule has 5 nitrogen and oxygen atoms in total. The maximum absolute atomic E-state index is 12.6. The number of likely N-dealkylation sites (tertiary alicyclic amines) is 1. The lowest BCUT2D eigenvalue weighted by Crippen LogP contribution is -2.48. The van der Waals surface area contributed by atoms with Crippen molar-refractivity contribution in [1.29, 1.82) is 0 Å². The van der Waals surface area contributed by atoms with Crippen molar-refractivity contribution < 1.29 is 13.2 Å². The number of hydrogen-bond acceptors (Lipinski definition) is 3. The number of anilines is 1. The van der Waals surface area contributed by atoms with Gasteiger partial charge < -0.3 is 4.90 Å². The van der Waals surface area contributed by atoms with E-state index in [-0.39, 0.29) is 5.91 Å². The Balaban J connectivity index is 2.37. The molecule has 1 amide bonds. The fourth-order valence-corrected chi connectivity index (χ4v) is 4.03. The SMILES string of the molecule is Cc1ccc(N(C(C)C(=O)N2CCCC2)S(C)(=O)=O)cc1C. The molecular weight excluding hydrogens is 300 g/mol. The first-order chi connectivity index (χ1) is 10.2. The maximum Gasteiger partial charge on any atom is 0.246 e. The van der Waals surface area contributed by atoms with Crippen molar-refractivity contribution in [3.05, 3.63) is 29.3 Å². The molecule has 0 saturated carbocycles. The number of rotatable bonds is 4. The van der Waals surface area contributed by atoms with Gasteiger partial charge in [-0.05, 0) is 56.9 Å². The van der Waals surface area contributed by atoms with E-state index in [1.54, 1.807) is 17.9 Å². The summed E-state index contributed by atoms with van der Waals surface area (Å²) in [5, 5.41) is 0. The molecule has 1 heterocycles. The number of hydrogen-bond donors (Lipinski definition) is 0. The number of benzene rings is 1. The highest BCUT2D eigenvalue weighted by atomic mass is 32.2. The first kappa shape index (κ1) is 16.8. The Kier molecular flexibility index (Phi) is 4.80. The molecule has 1 aromatic rings. The van der Waals surface area contributed by atoms with E-state index in [2.05, 4.69) is 0 Å². The second-order valence-electron chi connectivity index (χ2n) is 6.04. The second-order valence-corrected chi connectivity index (χ2v) is 7.90. The van der Waals surface area contributed by atoms with Gasteiger partial charge in [-0.3, -0.25) is 9.10 Å². The molecule has 1 atom stereocenters. The molecule has 0 radical (unpaired) electrons. The first-order valence-corrected chi connectivity index (χ1v) is 9.42. The number of amides is 1. The minimum Gasteiger partial charge on any atom is -0.341 e. The van der Waals surface area contributed by atoms with Crippen LogP contribution in [0.2, 0.25) is 0 Å². The van der Waals surface area contributed by atoms with Gasteiger partial charge in [-0.25, -0.2) is 8.42 Å². The topological polar surface area (TPSA) is 57.7 Å². The summed E-state index contributed by atoms with van der Waals surface area (Å²) in [6.07, 6.45) is 3.12. The molecule has 1 saturated heterocycles. The zero-order valence-electron chi connectivity index (χ0n) is 13.7. The van der Waals surface area contributed by atoms with E-state index in [0.717, 1.165) is 30.2 Å². The lowest BCUT2D eigenvalue weighted by molar-refractivity contribution is -0.130. The van der Waals surface area contributed by atoms with Gasteiger partial charge in [-0.2, -0.15) is 0 Å². The molecule has 1 aromatic carbocycles. The summed E-state index contributed by atoms with van der Waals surface area (Å²) >= 11 is 0. The minimum atomic E-state index is -3.54. The summed E-state index contributed by atoms with van der Waals surface area (Å²) in [7, 11) is -3.54. The molecule has 0 aliphatic carbocycles. The Hall–Kier alpha value is -1.56.